The van der Waals surface area contributed by atoms with Crippen LogP contribution in [0.2, 0.25) is 5.02 Å². The van der Waals surface area contributed by atoms with E-state index in [4.69, 9.17) is 16.3 Å². The molecule has 138 valence electrons. The molecule has 2 aromatic rings. The van der Waals surface area contributed by atoms with E-state index in [0.29, 0.717) is 37.1 Å². The van der Waals surface area contributed by atoms with Crippen molar-refractivity contribution in [3.8, 4) is 0 Å². The third-order valence-electron chi connectivity index (χ3n) is 3.79. The van der Waals surface area contributed by atoms with Gasteiger partial charge in [0.25, 0.3) is 5.91 Å². The van der Waals surface area contributed by atoms with Crippen LogP contribution in [0.15, 0.2) is 23.6 Å². The number of amides is 3. The van der Waals surface area contributed by atoms with Gasteiger partial charge in [0.15, 0.2) is 5.13 Å². The summed E-state index contributed by atoms with van der Waals surface area (Å²) in [5, 5.41) is 4.55. The average molecular weight is 399 g/mol. The molecule has 1 N–H and O–H groups in total. The van der Waals surface area contributed by atoms with Gasteiger partial charge in [-0.2, -0.15) is 0 Å². The summed E-state index contributed by atoms with van der Waals surface area (Å²) in [6.45, 7) is 2.06. The summed E-state index contributed by atoms with van der Waals surface area (Å²) in [7, 11) is 1.58. The van der Waals surface area contributed by atoms with E-state index in [2.05, 4.69) is 10.3 Å². The van der Waals surface area contributed by atoms with Gasteiger partial charge in [0.05, 0.1) is 11.6 Å². The van der Waals surface area contributed by atoms with Crippen molar-refractivity contribution in [3.05, 3.63) is 40.1 Å². The molecule has 0 radical (unpaired) electrons. The van der Waals surface area contributed by atoms with Gasteiger partial charge >= 0.3 is 6.03 Å². The molecule has 1 aromatic heterocycles. The summed E-state index contributed by atoms with van der Waals surface area (Å²) in [6, 6.07) is 3.74. The molecule has 0 unspecified atom stereocenters. The number of nitrogens with zero attached hydrogens (tertiary/aromatic N) is 3. The molecule has 1 aliphatic rings. The van der Waals surface area contributed by atoms with Crippen LogP contribution >= 0.6 is 22.9 Å². The van der Waals surface area contributed by atoms with E-state index in [0.717, 1.165) is 0 Å². The minimum absolute atomic E-state index is 0.0828. The second kappa shape index (κ2) is 7.98. The zero-order chi connectivity index (χ0) is 18.7. The molecule has 1 fully saturated rings. The molecule has 1 saturated heterocycles. The minimum Gasteiger partial charge on any atom is -0.383 e. The van der Waals surface area contributed by atoms with Crippen LogP contribution in [0.5, 0.6) is 0 Å². The van der Waals surface area contributed by atoms with Gasteiger partial charge in [0.2, 0.25) is 0 Å². The van der Waals surface area contributed by atoms with Gasteiger partial charge in [-0.3, -0.25) is 9.69 Å². The number of halogens is 2. The van der Waals surface area contributed by atoms with Crippen LogP contribution in [-0.4, -0.2) is 55.2 Å². The standard InChI is InChI=1S/C16H16ClFN4O3S/c1-25-7-6-21-4-5-22(16(21)24)15-20-13(9-26-15)14(23)19-10-2-3-12(18)11(17)8-10/h2-3,8-9H,4-7H2,1H3,(H,19,23). The molecule has 7 nitrogen and oxygen atoms in total. The van der Waals surface area contributed by atoms with Crippen LogP contribution < -0.4 is 10.2 Å². The minimum atomic E-state index is -0.564. The number of methoxy groups -OCH3 is 1. The normalized spacial score (nSPS) is 14.2. The highest BCUT2D eigenvalue weighted by Crippen LogP contribution is 2.25. The van der Waals surface area contributed by atoms with Crippen molar-refractivity contribution in [2.75, 3.05) is 43.6 Å². The summed E-state index contributed by atoms with van der Waals surface area (Å²) in [5.41, 5.74) is 0.535. The van der Waals surface area contributed by atoms with Gasteiger partial charge in [0.1, 0.15) is 11.5 Å². The average Bonchev–Trinajstić information content (AvgIpc) is 3.23. The van der Waals surface area contributed by atoms with Crippen molar-refractivity contribution in [2.24, 2.45) is 0 Å². The molecule has 1 aromatic carbocycles. The first kappa shape index (κ1) is 18.6. The summed E-state index contributed by atoms with van der Waals surface area (Å²) >= 11 is 6.91. The lowest BCUT2D eigenvalue weighted by Gasteiger charge is -2.16. The summed E-state index contributed by atoms with van der Waals surface area (Å²) < 4.78 is 18.2. The number of ether oxygens (including phenoxy) is 1. The van der Waals surface area contributed by atoms with Gasteiger partial charge in [-0.15, -0.1) is 11.3 Å². The van der Waals surface area contributed by atoms with Crippen molar-refractivity contribution >= 4 is 45.7 Å². The van der Waals surface area contributed by atoms with Crippen LogP contribution in [0.1, 0.15) is 10.5 Å². The number of carbonyl (C=O) groups is 2. The number of carbonyl (C=O) groups excluding carboxylic acids is 2. The molecule has 26 heavy (non-hydrogen) atoms. The van der Waals surface area contributed by atoms with Crippen molar-refractivity contribution in [1.82, 2.24) is 9.88 Å². The smallest absolute Gasteiger partial charge is 0.326 e. The predicted molar refractivity (Wildman–Crippen MR) is 97.7 cm³/mol. The zero-order valence-electron chi connectivity index (χ0n) is 13.9. The number of nitrogens with one attached hydrogen (secondary N) is 1. The number of thiazole rings is 1. The Bertz CT molecular complexity index is 832. The zero-order valence-corrected chi connectivity index (χ0v) is 15.4. The monoisotopic (exact) mass is 398 g/mol. The fourth-order valence-electron chi connectivity index (χ4n) is 2.43. The molecule has 3 rings (SSSR count). The third kappa shape index (κ3) is 3.95. The number of aromatic nitrogens is 1. The molecule has 0 saturated carbocycles. The quantitative estimate of drug-likeness (QED) is 0.811. The Morgan fingerprint density at radius 3 is 3.00 bits per heavy atom. The largest absolute Gasteiger partial charge is 0.383 e. The highest BCUT2D eigenvalue weighted by molar-refractivity contribution is 7.14. The fourth-order valence-corrected chi connectivity index (χ4v) is 3.44. The lowest BCUT2D eigenvalue weighted by molar-refractivity contribution is 0.102. The molecule has 1 aliphatic heterocycles. The topological polar surface area (TPSA) is 74.8 Å². The molecule has 0 spiro atoms. The maximum absolute atomic E-state index is 13.2. The molecule has 10 heteroatoms. The lowest BCUT2D eigenvalue weighted by atomic mass is 10.3. The van der Waals surface area contributed by atoms with Gasteiger partial charge in [0, 0.05) is 37.8 Å². The Labute approximate surface area is 158 Å². The number of rotatable bonds is 6. The fraction of sp³-hybridized carbons (Fsp3) is 0.312. The third-order valence-corrected chi connectivity index (χ3v) is 4.95. The maximum atomic E-state index is 13.2. The van der Waals surface area contributed by atoms with E-state index in [1.165, 1.54) is 34.4 Å². The van der Waals surface area contributed by atoms with Gasteiger partial charge in [-0.1, -0.05) is 11.6 Å². The second-order valence-electron chi connectivity index (χ2n) is 5.51. The SMILES string of the molecule is COCCN1CCN(c2nc(C(=O)Nc3ccc(F)c(Cl)c3)cs2)C1=O. The van der Waals surface area contributed by atoms with Crippen LogP contribution in [0.4, 0.5) is 20.0 Å². The Morgan fingerprint density at radius 1 is 1.46 bits per heavy atom. The molecule has 2 heterocycles. The highest BCUT2D eigenvalue weighted by atomic mass is 35.5. The summed E-state index contributed by atoms with van der Waals surface area (Å²) in [5.74, 6) is -1.02. The van der Waals surface area contributed by atoms with Crippen molar-refractivity contribution in [1.29, 1.82) is 0 Å². The molecule has 3 amide bonds. The Hall–Kier alpha value is -2.23. The van der Waals surface area contributed by atoms with E-state index in [-0.39, 0.29) is 16.7 Å². The first-order chi connectivity index (χ1) is 12.5. The summed E-state index contributed by atoms with van der Waals surface area (Å²) in [4.78, 5) is 32.1. The predicted octanol–water partition coefficient (Wildman–Crippen LogP) is 3.08. The molecule has 0 atom stereocenters. The Morgan fingerprint density at radius 2 is 2.27 bits per heavy atom. The molecular formula is C16H16ClFN4O3S. The second-order valence-corrected chi connectivity index (χ2v) is 6.76. The molecule has 0 bridgehead atoms. The number of hydrogen-bond donors (Lipinski definition) is 1. The first-order valence-corrected chi connectivity index (χ1v) is 9.02. The van der Waals surface area contributed by atoms with Gasteiger partial charge in [-0.25, -0.2) is 14.2 Å². The molecule has 0 aliphatic carbocycles. The number of hydrogen-bond acceptors (Lipinski definition) is 5. The van der Waals surface area contributed by atoms with E-state index in [1.807, 2.05) is 0 Å². The number of anilines is 2. The van der Waals surface area contributed by atoms with Gasteiger partial charge < -0.3 is 15.0 Å². The molecular weight excluding hydrogens is 383 g/mol. The summed E-state index contributed by atoms with van der Waals surface area (Å²) in [6.07, 6.45) is 0. The van der Waals surface area contributed by atoms with Crippen molar-refractivity contribution < 1.29 is 18.7 Å². The van der Waals surface area contributed by atoms with E-state index in [9.17, 15) is 14.0 Å². The Kier molecular flexibility index (Phi) is 5.70. The van der Waals surface area contributed by atoms with Crippen molar-refractivity contribution in [3.63, 3.8) is 0 Å². The lowest BCUT2D eigenvalue weighted by Crippen LogP contribution is -2.33. The van der Waals surface area contributed by atoms with Crippen LogP contribution in [-0.2, 0) is 4.74 Å². The first-order valence-electron chi connectivity index (χ1n) is 7.77. The van der Waals surface area contributed by atoms with Crippen LogP contribution in [0.25, 0.3) is 0 Å². The number of benzene rings is 1. The van der Waals surface area contributed by atoms with E-state index < -0.39 is 11.7 Å². The maximum Gasteiger partial charge on any atom is 0.326 e. The van der Waals surface area contributed by atoms with Crippen molar-refractivity contribution in [2.45, 2.75) is 0 Å². The van der Waals surface area contributed by atoms with Crippen LogP contribution in [0.3, 0.4) is 0 Å². The van der Waals surface area contributed by atoms with Gasteiger partial charge in [-0.05, 0) is 18.2 Å². The number of urea groups is 1. The highest BCUT2D eigenvalue weighted by Gasteiger charge is 2.31. The van der Waals surface area contributed by atoms with E-state index in [1.54, 1.807) is 17.4 Å². The Balaban J connectivity index is 1.66. The van der Waals surface area contributed by atoms with Crippen LogP contribution in [0, 0.1) is 5.82 Å². The van der Waals surface area contributed by atoms with E-state index >= 15 is 0 Å².